The predicted octanol–water partition coefficient (Wildman–Crippen LogP) is 2.33. The van der Waals surface area contributed by atoms with E-state index >= 15 is 0 Å². The van der Waals surface area contributed by atoms with Crippen LogP contribution in [0.25, 0.3) is 0 Å². The van der Waals surface area contributed by atoms with Crippen molar-refractivity contribution in [2.75, 3.05) is 4.90 Å². The molecular formula is C13H10Cl2N4O2. The Morgan fingerprint density at radius 3 is 2.62 bits per heavy atom. The first-order chi connectivity index (χ1) is 10.0. The highest BCUT2D eigenvalue weighted by molar-refractivity contribution is 6.56. The number of amides is 1. The van der Waals surface area contributed by atoms with Gasteiger partial charge in [0, 0.05) is 6.54 Å². The van der Waals surface area contributed by atoms with E-state index in [2.05, 4.69) is 10.1 Å². The lowest BCUT2D eigenvalue weighted by molar-refractivity contribution is -0.114. The molecule has 1 aliphatic rings. The van der Waals surface area contributed by atoms with E-state index in [4.69, 9.17) is 23.2 Å². The van der Waals surface area contributed by atoms with Crippen LogP contribution in [0.4, 0.5) is 5.69 Å². The first kappa shape index (κ1) is 14.0. The molecule has 0 radical (unpaired) electrons. The Morgan fingerprint density at radius 2 is 1.90 bits per heavy atom. The number of aryl methyl sites for hydroxylation is 1. The molecule has 0 spiro atoms. The second-order valence-corrected chi connectivity index (χ2v) is 5.28. The third kappa shape index (κ3) is 2.11. The number of halogens is 2. The molecule has 108 valence electrons. The van der Waals surface area contributed by atoms with E-state index in [0.717, 1.165) is 0 Å². The summed E-state index contributed by atoms with van der Waals surface area (Å²) in [5, 5.41) is 4.56. The predicted molar refractivity (Wildman–Crippen MR) is 77.7 cm³/mol. The molecule has 21 heavy (non-hydrogen) atoms. The van der Waals surface area contributed by atoms with Gasteiger partial charge in [0.15, 0.2) is 0 Å². The molecule has 0 saturated carbocycles. The number of ketones is 1. The lowest BCUT2D eigenvalue weighted by atomic mass is 10.1. The SMILES string of the molecule is CCn1ncnc1CN1C(=O)C(=O)c2c(Cl)ccc(Cl)c21. The van der Waals surface area contributed by atoms with E-state index < -0.39 is 11.7 Å². The summed E-state index contributed by atoms with van der Waals surface area (Å²) in [6.07, 6.45) is 1.40. The maximum absolute atomic E-state index is 12.2. The topological polar surface area (TPSA) is 68.1 Å². The molecule has 8 heteroatoms. The van der Waals surface area contributed by atoms with Gasteiger partial charge < -0.3 is 0 Å². The number of aromatic nitrogens is 3. The molecule has 0 aliphatic carbocycles. The van der Waals surface area contributed by atoms with Crippen LogP contribution >= 0.6 is 23.2 Å². The molecular weight excluding hydrogens is 315 g/mol. The number of carbonyl (C=O) groups excluding carboxylic acids is 2. The lowest BCUT2D eigenvalue weighted by Gasteiger charge is -2.17. The van der Waals surface area contributed by atoms with Crippen LogP contribution in [0.15, 0.2) is 18.5 Å². The zero-order valence-electron chi connectivity index (χ0n) is 11.0. The normalized spacial score (nSPS) is 14.0. The summed E-state index contributed by atoms with van der Waals surface area (Å²) in [4.78, 5) is 29.7. The fourth-order valence-electron chi connectivity index (χ4n) is 2.32. The summed E-state index contributed by atoms with van der Waals surface area (Å²) in [6.45, 7) is 2.64. The van der Waals surface area contributed by atoms with Gasteiger partial charge in [0.25, 0.3) is 11.7 Å². The van der Waals surface area contributed by atoms with Crippen LogP contribution in [0.1, 0.15) is 23.1 Å². The van der Waals surface area contributed by atoms with Crippen LogP contribution in [0.2, 0.25) is 10.0 Å². The second-order valence-electron chi connectivity index (χ2n) is 4.47. The number of benzene rings is 1. The molecule has 1 aliphatic heterocycles. The summed E-state index contributed by atoms with van der Waals surface area (Å²) in [6, 6.07) is 3.07. The molecule has 1 aromatic carbocycles. The molecule has 1 aromatic heterocycles. The zero-order valence-corrected chi connectivity index (χ0v) is 12.5. The van der Waals surface area contributed by atoms with Crippen molar-refractivity contribution < 1.29 is 9.59 Å². The zero-order chi connectivity index (χ0) is 15.1. The van der Waals surface area contributed by atoms with Crippen LogP contribution in [0, 0.1) is 0 Å². The Balaban J connectivity index is 2.08. The van der Waals surface area contributed by atoms with Crippen molar-refractivity contribution in [2.24, 2.45) is 0 Å². The van der Waals surface area contributed by atoms with Gasteiger partial charge in [-0.1, -0.05) is 23.2 Å². The van der Waals surface area contributed by atoms with Crippen molar-refractivity contribution in [1.29, 1.82) is 0 Å². The van der Waals surface area contributed by atoms with E-state index in [1.807, 2.05) is 6.92 Å². The van der Waals surface area contributed by atoms with Gasteiger partial charge in [0.1, 0.15) is 12.2 Å². The number of hydrogen-bond acceptors (Lipinski definition) is 4. The van der Waals surface area contributed by atoms with Crippen LogP contribution in [0.3, 0.4) is 0 Å². The molecule has 6 nitrogen and oxygen atoms in total. The minimum atomic E-state index is -0.661. The Kier molecular flexibility index (Phi) is 3.43. The van der Waals surface area contributed by atoms with E-state index in [-0.39, 0.29) is 17.1 Å². The summed E-state index contributed by atoms with van der Waals surface area (Å²) in [5.74, 6) is -0.742. The van der Waals surface area contributed by atoms with Gasteiger partial charge in [-0.25, -0.2) is 9.67 Å². The fourth-order valence-corrected chi connectivity index (χ4v) is 2.82. The number of nitrogens with zero attached hydrogens (tertiary/aromatic N) is 4. The molecule has 0 saturated heterocycles. The molecule has 0 N–H and O–H groups in total. The highest BCUT2D eigenvalue weighted by atomic mass is 35.5. The number of hydrogen-bond donors (Lipinski definition) is 0. The van der Waals surface area contributed by atoms with Crippen molar-refractivity contribution in [1.82, 2.24) is 14.8 Å². The quantitative estimate of drug-likeness (QED) is 0.812. The number of Topliss-reactive ketones (excluding diaryl/α,β-unsaturated/α-hetero) is 1. The van der Waals surface area contributed by atoms with E-state index in [9.17, 15) is 9.59 Å². The molecule has 1 amide bonds. The van der Waals surface area contributed by atoms with E-state index in [1.54, 1.807) is 10.7 Å². The average molecular weight is 325 g/mol. The van der Waals surface area contributed by atoms with Crippen LogP contribution in [-0.4, -0.2) is 26.5 Å². The first-order valence-electron chi connectivity index (χ1n) is 6.25. The lowest BCUT2D eigenvalue weighted by Crippen LogP contribution is -2.30. The number of carbonyl (C=O) groups is 2. The second kappa shape index (κ2) is 5.13. The molecule has 2 aromatic rings. The smallest absolute Gasteiger partial charge is 0.296 e. The van der Waals surface area contributed by atoms with Gasteiger partial charge in [0.2, 0.25) is 0 Å². The Morgan fingerprint density at radius 1 is 1.19 bits per heavy atom. The maximum Gasteiger partial charge on any atom is 0.300 e. The van der Waals surface area contributed by atoms with Gasteiger partial charge in [-0.15, -0.1) is 0 Å². The minimum Gasteiger partial charge on any atom is -0.296 e. The highest BCUT2D eigenvalue weighted by Crippen LogP contribution is 2.40. The van der Waals surface area contributed by atoms with Gasteiger partial charge in [0.05, 0.1) is 27.8 Å². The average Bonchev–Trinajstić information content (AvgIpc) is 3.02. The van der Waals surface area contributed by atoms with Crippen molar-refractivity contribution in [3.05, 3.63) is 39.9 Å². The van der Waals surface area contributed by atoms with Gasteiger partial charge in [-0.3, -0.25) is 14.5 Å². The Labute approximate surface area is 130 Å². The van der Waals surface area contributed by atoms with Crippen molar-refractivity contribution >= 4 is 40.6 Å². The maximum atomic E-state index is 12.2. The molecule has 0 bridgehead atoms. The molecule has 2 heterocycles. The number of anilines is 1. The molecule has 0 unspecified atom stereocenters. The van der Waals surface area contributed by atoms with Gasteiger partial charge >= 0.3 is 0 Å². The monoisotopic (exact) mass is 324 g/mol. The third-order valence-electron chi connectivity index (χ3n) is 3.31. The highest BCUT2D eigenvalue weighted by Gasteiger charge is 2.39. The van der Waals surface area contributed by atoms with Crippen LogP contribution in [0.5, 0.6) is 0 Å². The van der Waals surface area contributed by atoms with Crippen molar-refractivity contribution in [2.45, 2.75) is 20.0 Å². The molecule has 0 fully saturated rings. The number of fused-ring (bicyclic) bond motifs is 1. The number of rotatable bonds is 3. The largest absolute Gasteiger partial charge is 0.300 e. The van der Waals surface area contributed by atoms with E-state index in [1.165, 1.54) is 17.3 Å². The minimum absolute atomic E-state index is 0.117. The summed E-state index contributed by atoms with van der Waals surface area (Å²) >= 11 is 12.1. The van der Waals surface area contributed by atoms with Gasteiger partial charge in [-0.2, -0.15) is 5.10 Å². The van der Waals surface area contributed by atoms with Crippen LogP contribution < -0.4 is 4.90 Å². The molecule has 3 rings (SSSR count). The van der Waals surface area contributed by atoms with Gasteiger partial charge in [-0.05, 0) is 19.1 Å². The van der Waals surface area contributed by atoms with Crippen LogP contribution in [-0.2, 0) is 17.9 Å². The third-order valence-corrected chi connectivity index (χ3v) is 3.93. The molecule has 0 atom stereocenters. The fraction of sp³-hybridized carbons (Fsp3) is 0.231. The standard InChI is InChI=1S/C13H10Cl2N4O2/c1-2-19-9(16-6-17-19)5-18-11-8(15)4-3-7(14)10(11)12(20)13(18)21/h3-4,6H,2,5H2,1H3. The summed E-state index contributed by atoms with van der Waals surface area (Å²) in [7, 11) is 0. The summed E-state index contributed by atoms with van der Waals surface area (Å²) in [5.41, 5.74) is 0.488. The van der Waals surface area contributed by atoms with Crippen molar-refractivity contribution in [3.63, 3.8) is 0 Å². The summed E-state index contributed by atoms with van der Waals surface area (Å²) < 4.78 is 1.65. The Bertz CT molecular complexity index is 757. The van der Waals surface area contributed by atoms with E-state index in [0.29, 0.717) is 23.1 Å². The first-order valence-corrected chi connectivity index (χ1v) is 7.01. The van der Waals surface area contributed by atoms with Crippen molar-refractivity contribution in [3.8, 4) is 0 Å². The Hall–Kier alpha value is -1.92.